The Hall–Kier alpha value is -0.130. The normalized spacial score (nSPS) is 34.6. The Kier molecular flexibility index (Phi) is 4.34. The highest BCUT2D eigenvalue weighted by molar-refractivity contribution is 7.91. The van der Waals surface area contributed by atoms with Gasteiger partial charge in [0.25, 0.3) is 0 Å². The molecule has 18 heavy (non-hydrogen) atoms. The molecule has 0 radical (unpaired) electrons. The molecule has 0 spiro atoms. The number of hydrogen-bond acceptors (Lipinski definition) is 4. The minimum absolute atomic E-state index is 0.144. The first-order chi connectivity index (χ1) is 8.36. The van der Waals surface area contributed by atoms with E-state index in [1.165, 1.54) is 19.3 Å². The number of nitrogens with one attached hydrogen (secondary N) is 2. The maximum absolute atomic E-state index is 11.5. The monoisotopic (exact) mass is 274 g/mol. The lowest BCUT2D eigenvalue weighted by molar-refractivity contribution is 0.361. The number of sulfone groups is 1. The van der Waals surface area contributed by atoms with Gasteiger partial charge in [0.05, 0.1) is 11.5 Å². The van der Waals surface area contributed by atoms with Crippen molar-refractivity contribution in [3.63, 3.8) is 0 Å². The molecule has 0 aromatic heterocycles. The first kappa shape index (κ1) is 14.3. The Bertz CT molecular complexity index is 378. The van der Waals surface area contributed by atoms with Crippen LogP contribution in [-0.2, 0) is 9.84 Å². The molecule has 2 atom stereocenters. The summed E-state index contributed by atoms with van der Waals surface area (Å²) in [5.74, 6) is 0.610. The number of hydrogen-bond donors (Lipinski definition) is 2. The van der Waals surface area contributed by atoms with Gasteiger partial charge in [0.15, 0.2) is 9.84 Å². The minimum Gasteiger partial charge on any atom is -0.314 e. The fourth-order valence-corrected chi connectivity index (χ4v) is 4.62. The molecule has 2 unspecified atom stereocenters. The zero-order valence-corrected chi connectivity index (χ0v) is 12.4. The number of rotatable bonds is 4. The van der Waals surface area contributed by atoms with Gasteiger partial charge in [-0.25, -0.2) is 8.42 Å². The van der Waals surface area contributed by atoms with Gasteiger partial charge in [-0.1, -0.05) is 13.8 Å². The molecular weight excluding hydrogens is 248 g/mol. The van der Waals surface area contributed by atoms with E-state index in [0.29, 0.717) is 29.5 Å². The molecule has 106 valence electrons. The molecular formula is C13H26N2O2S. The van der Waals surface area contributed by atoms with Crippen molar-refractivity contribution in [1.29, 1.82) is 0 Å². The van der Waals surface area contributed by atoms with Crippen LogP contribution in [0.5, 0.6) is 0 Å². The van der Waals surface area contributed by atoms with Crippen LogP contribution in [0.1, 0.15) is 39.5 Å². The average Bonchev–Trinajstić information content (AvgIpc) is 2.57. The van der Waals surface area contributed by atoms with Crippen molar-refractivity contribution >= 4 is 9.84 Å². The molecule has 0 bridgehead atoms. The van der Waals surface area contributed by atoms with Crippen molar-refractivity contribution < 1.29 is 8.42 Å². The molecule has 2 fully saturated rings. The second-order valence-electron chi connectivity index (χ2n) is 6.61. The second kappa shape index (κ2) is 5.47. The summed E-state index contributed by atoms with van der Waals surface area (Å²) >= 11 is 0. The molecule has 1 aliphatic carbocycles. The molecule has 0 amide bonds. The molecule has 1 saturated heterocycles. The van der Waals surface area contributed by atoms with E-state index >= 15 is 0 Å². The molecule has 0 aromatic rings. The Morgan fingerprint density at radius 3 is 2.78 bits per heavy atom. The van der Waals surface area contributed by atoms with Crippen LogP contribution in [-0.4, -0.2) is 45.1 Å². The van der Waals surface area contributed by atoms with E-state index in [1.54, 1.807) is 0 Å². The van der Waals surface area contributed by atoms with Gasteiger partial charge < -0.3 is 10.6 Å². The predicted octanol–water partition coefficient (Wildman–Crippen LogP) is 0.931. The third-order valence-electron chi connectivity index (χ3n) is 4.20. The highest BCUT2D eigenvalue weighted by atomic mass is 32.2. The van der Waals surface area contributed by atoms with E-state index in [4.69, 9.17) is 0 Å². The lowest BCUT2D eigenvalue weighted by atomic mass is 9.92. The van der Waals surface area contributed by atoms with Crippen molar-refractivity contribution in [2.75, 3.05) is 24.6 Å². The third-order valence-corrected chi connectivity index (χ3v) is 5.93. The predicted molar refractivity (Wildman–Crippen MR) is 74.5 cm³/mol. The minimum atomic E-state index is -2.79. The summed E-state index contributed by atoms with van der Waals surface area (Å²) in [5, 5.41) is 6.87. The zero-order valence-electron chi connectivity index (χ0n) is 11.5. The van der Waals surface area contributed by atoms with Crippen LogP contribution >= 0.6 is 0 Å². The van der Waals surface area contributed by atoms with E-state index in [9.17, 15) is 8.42 Å². The molecule has 1 saturated carbocycles. The standard InChI is InChI=1S/C13H26N2O2S/c1-13(2)5-3-11(9-13)14-6-4-12-10-18(16,17)8-7-15-12/h11-12,14-15H,3-10H2,1-2H3. The van der Waals surface area contributed by atoms with Gasteiger partial charge in [0.1, 0.15) is 0 Å². The van der Waals surface area contributed by atoms with Gasteiger partial charge in [0, 0.05) is 18.6 Å². The molecule has 4 nitrogen and oxygen atoms in total. The van der Waals surface area contributed by atoms with E-state index in [2.05, 4.69) is 24.5 Å². The quantitative estimate of drug-likeness (QED) is 0.801. The molecule has 5 heteroatoms. The van der Waals surface area contributed by atoms with E-state index < -0.39 is 9.84 Å². The lowest BCUT2D eigenvalue weighted by Gasteiger charge is -2.24. The Labute approximate surface area is 111 Å². The summed E-state index contributed by atoms with van der Waals surface area (Å²) < 4.78 is 23.0. The van der Waals surface area contributed by atoms with Gasteiger partial charge in [-0.15, -0.1) is 0 Å². The van der Waals surface area contributed by atoms with Gasteiger partial charge in [0.2, 0.25) is 0 Å². The molecule has 1 heterocycles. The van der Waals surface area contributed by atoms with Crippen LogP contribution < -0.4 is 10.6 Å². The summed E-state index contributed by atoms with van der Waals surface area (Å²) in [6, 6.07) is 0.769. The third kappa shape index (κ3) is 4.21. The largest absolute Gasteiger partial charge is 0.314 e. The van der Waals surface area contributed by atoms with Crippen LogP contribution in [0.25, 0.3) is 0 Å². The van der Waals surface area contributed by atoms with Crippen molar-refractivity contribution in [3.8, 4) is 0 Å². The summed E-state index contributed by atoms with van der Waals surface area (Å²) in [4.78, 5) is 0. The Morgan fingerprint density at radius 2 is 2.17 bits per heavy atom. The molecule has 0 aromatic carbocycles. The highest BCUT2D eigenvalue weighted by Gasteiger charge is 2.30. The van der Waals surface area contributed by atoms with Gasteiger partial charge in [-0.05, 0) is 37.6 Å². The molecule has 1 aliphatic heterocycles. The zero-order chi connectivity index (χ0) is 13.2. The SMILES string of the molecule is CC1(C)CCC(NCCC2CS(=O)(=O)CCN2)C1. The van der Waals surface area contributed by atoms with Crippen molar-refractivity contribution in [2.24, 2.45) is 5.41 Å². The molecule has 2 N–H and O–H groups in total. The van der Waals surface area contributed by atoms with Gasteiger partial charge in [-0.2, -0.15) is 0 Å². The fourth-order valence-electron chi connectivity index (χ4n) is 3.12. The summed E-state index contributed by atoms with van der Waals surface area (Å²) in [6.45, 7) is 6.19. The topological polar surface area (TPSA) is 58.2 Å². The Morgan fingerprint density at radius 1 is 1.39 bits per heavy atom. The van der Waals surface area contributed by atoms with Crippen molar-refractivity contribution in [3.05, 3.63) is 0 Å². The first-order valence-corrected chi connectivity index (χ1v) is 8.86. The van der Waals surface area contributed by atoms with Crippen LogP contribution in [0, 0.1) is 5.41 Å². The van der Waals surface area contributed by atoms with Crippen molar-refractivity contribution in [2.45, 2.75) is 51.6 Å². The van der Waals surface area contributed by atoms with E-state index in [1.807, 2.05) is 0 Å². The van der Waals surface area contributed by atoms with Crippen LogP contribution in [0.15, 0.2) is 0 Å². The first-order valence-electron chi connectivity index (χ1n) is 7.04. The smallest absolute Gasteiger partial charge is 0.153 e. The summed E-state index contributed by atoms with van der Waals surface area (Å²) in [5.41, 5.74) is 0.476. The maximum atomic E-state index is 11.5. The van der Waals surface area contributed by atoms with Crippen LogP contribution in [0.3, 0.4) is 0 Å². The highest BCUT2D eigenvalue weighted by Crippen LogP contribution is 2.36. The Balaban J connectivity index is 1.67. The van der Waals surface area contributed by atoms with Gasteiger partial charge in [-0.3, -0.25) is 0 Å². The van der Waals surface area contributed by atoms with Gasteiger partial charge >= 0.3 is 0 Å². The maximum Gasteiger partial charge on any atom is 0.153 e. The molecule has 2 aliphatic rings. The van der Waals surface area contributed by atoms with E-state index in [0.717, 1.165) is 13.0 Å². The molecule has 2 rings (SSSR count). The van der Waals surface area contributed by atoms with Crippen molar-refractivity contribution in [1.82, 2.24) is 10.6 Å². The second-order valence-corrected chi connectivity index (χ2v) is 8.84. The summed E-state index contributed by atoms with van der Waals surface area (Å²) in [6.07, 6.45) is 4.70. The van der Waals surface area contributed by atoms with Crippen LogP contribution in [0.4, 0.5) is 0 Å². The average molecular weight is 274 g/mol. The summed E-state index contributed by atoms with van der Waals surface area (Å²) in [7, 11) is -2.79. The van der Waals surface area contributed by atoms with E-state index in [-0.39, 0.29) is 6.04 Å². The lowest BCUT2D eigenvalue weighted by Crippen LogP contribution is -2.46. The van der Waals surface area contributed by atoms with Crippen LogP contribution in [0.2, 0.25) is 0 Å². The fraction of sp³-hybridized carbons (Fsp3) is 1.00.